The maximum atomic E-state index is 11.0. The zero-order chi connectivity index (χ0) is 11.1. The average Bonchev–Trinajstić information content (AvgIpc) is 2.29. The van der Waals surface area contributed by atoms with E-state index in [1.807, 2.05) is 30.3 Å². The largest absolute Gasteiger partial charge is 0.484 e. The Morgan fingerprint density at radius 3 is 2.94 bits per heavy atom. The van der Waals surface area contributed by atoms with Crippen LogP contribution in [0.4, 0.5) is 0 Å². The number of fused-ring (bicyclic) bond motifs is 4. The van der Waals surface area contributed by atoms with E-state index in [2.05, 4.69) is 0 Å². The SMILES string of the molecule is O=C(O)C1=CC=C2CC1Oc1ccccc12. The standard InChI is InChI=1S/C13H10O3/c14-13(15)10-6-5-8-7-12(10)16-11-4-2-1-3-9(8)11/h1-6,12H,7H2,(H,14,15). The van der Waals surface area contributed by atoms with E-state index in [1.165, 1.54) is 0 Å². The number of ether oxygens (including phenoxy) is 1. The number of rotatable bonds is 1. The molecule has 3 rings (SSSR count). The first-order valence-corrected chi connectivity index (χ1v) is 5.16. The summed E-state index contributed by atoms with van der Waals surface area (Å²) in [6.07, 6.45) is 3.82. The fourth-order valence-electron chi connectivity index (χ4n) is 2.18. The van der Waals surface area contributed by atoms with E-state index in [4.69, 9.17) is 9.84 Å². The van der Waals surface area contributed by atoms with E-state index in [0.29, 0.717) is 12.0 Å². The molecule has 0 amide bonds. The van der Waals surface area contributed by atoms with Gasteiger partial charge in [-0.2, -0.15) is 0 Å². The molecule has 16 heavy (non-hydrogen) atoms. The van der Waals surface area contributed by atoms with Gasteiger partial charge in [0.15, 0.2) is 0 Å². The Hall–Kier alpha value is -2.03. The molecule has 0 aromatic heterocycles. The third-order valence-corrected chi connectivity index (χ3v) is 2.97. The van der Waals surface area contributed by atoms with Crippen molar-refractivity contribution >= 4 is 11.5 Å². The van der Waals surface area contributed by atoms with Gasteiger partial charge in [0, 0.05) is 12.0 Å². The molecule has 0 fully saturated rings. The van der Waals surface area contributed by atoms with Crippen LogP contribution < -0.4 is 4.74 Å². The van der Waals surface area contributed by atoms with Crippen LogP contribution in [0.1, 0.15) is 12.0 Å². The van der Waals surface area contributed by atoms with Crippen LogP contribution in [0.2, 0.25) is 0 Å². The van der Waals surface area contributed by atoms with Gasteiger partial charge in [-0.3, -0.25) is 0 Å². The molecule has 1 atom stereocenters. The van der Waals surface area contributed by atoms with E-state index >= 15 is 0 Å². The van der Waals surface area contributed by atoms with Crippen molar-refractivity contribution in [2.24, 2.45) is 0 Å². The molecule has 1 heterocycles. The highest BCUT2D eigenvalue weighted by molar-refractivity contribution is 5.91. The molecule has 3 heteroatoms. The van der Waals surface area contributed by atoms with Gasteiger partial charge in [-0.15, -0.1) is 0 Å². The first-order valence-electron chi connectivity index (χ1n) is 5.16. The number of para-hydroxylation sites is 1. The Balaban J connectivity index is 2.12. The van der Waals surface area contributed by atoms with Gasteiger partial charge in [0.2, 0.25) is 0 Å². The van der Waals surface area contributed by atoms with Crippen LogP contribution in [0.25, 0.3) is 5.57 Å². The molecule has 0 spiro atoms. The fraction of sp³-hybridized carbons (Fsp3) is 0.154. The lowest BCUT2D eigenvalue weighted by Gasteiger charge is -2.30. The van der Waals surface area contributed by atoms with Crippen molar-refractivity contribution in [1.29, 1.82) is 0 Å². The summed E-state index contributed by atoms with van der Waals surface area (Å²) >= 11 is 0. The summed E-state index contributed by atoms with van der Waals surface area (Å²) in [6.45, 7) is 0. The predicted molar refractivity (Wildman–Crippen MR) is 59.2 cm³/mol. The van der Waals surface area contributed by atoms with E-state index in [0.717, 1.165) is 16.9 Å². The minimum atomic E-state index is -0.903. The van der Waals surface area contributed by atoms with Crippen molar-refractivity contribution in [2.75, 3.05) is 0 Å². The zero-order valence-corrected chi connectivity index (χ0v) is 8.51. The van der Waals surface area contributed by atoms with Gasteiger partial charge in [-0.25, -0.2) is 4.79 Å². The quantitative estimate of drug-likeness (QED) is 0.779. The number of carboxylic acids is 1. The number of aliphatic carboxylic acids is 1. The highest BCUT2D eigenvalue weighted by atomic mass is 16.5. The molecule has 1 aliphatic heterocycles. The number of allylic oxidation sites excluding steroid dienone is 2. The predicted octanol–water partition coefficient (Wildman–Crippen LogP) is 2.25. The van der Waals surface area contributed by atoms with E-state index in [9.17, 15) is 4.79 Å². The molecular weight excluding hydrogens is 204 g/mol. The second kappa shape index (κ2) is 3.23. The first-order chi connectivity index (χ1) is 7.75. The van der Waals surface area contributed by atoms with Crippen molar-refractivity contribution in [3.8, 4) is 5.75 Å². The van der Waals surface area contributed by atoms with Crippen molar-refractivity contribution < 1.29 is 14.6 Å². The molecule has 1 aliphatic carbocycles. The molecule has 0 saturated heterocycles. The molecule has 80 valence electrons. The number of hydrogen-bond acceptors (Lipinski definition) is 2. The van der Waals surface area contributed by atoms with Gasteiger partial charge in [0.1, 0.15) is 11.9 Å². The summed E-state index contributed by atoms with van der Waals surface area (Å²) in [5.74, 6) is -0.128. The minimum absolute atomic E-state index is 0.332. The van der Waals surface area contributed by atoms with Crippen LogP contribution in [-0.4, -0.2) is 17.2 Å². The summed E-state index contributed by atoms with van der Waals surface area (Å²) in [6, 6.07) is 7.72. The Morgan fingerprint density at radius 2 is 2.12 bits per heavy atom. The van der Waals surface area contributed by atoms with Crippen molar-refractivity contribution in [3.63, 3.8) is 0 Å². The van der Waals surface area contributed by atoms with Crippen LogP contribution in [0.15, 0.2) is 42.0 Å². The van der Waals surface area contributed by atoms with E-state index in [1.54, 1.807) is 6.08 Å². The monoisotopic (exact) mass is 214 g/mol. The normalized spacial score (nSPS) is 21.4. The van der Waals surface area contributed by atoms with Crippen molar-refractivity contribution in [2.45, 2.75) is 12.5 Å². The Labute approximate surface area is 92.7 Å². The lowest BCUT2D eigenvalue weighted by atomic mass is 9.88. The van der Waals surface area contributed by atoms with Crippen LogP contribution in [0.3, 0.4) is 0 Å². The minimum Gasteiger partial charge on any atom is -0.484 e. The van der Waals surface area contributed by atoms with Gasteiger partial charge in [-0.1, -0.05) is 24.3 Å². The second-order valence-corrected chi connectivity index (χ2v) is 3.93. The third-order valence-electron chi connectivity index (χ3n) is 2.97. The van der Waals surface area contributed by atoms with Gasteiger partial charge in [0.25, 0.3) is 0 Å². The van der Waals surface area contributed by atoms with Crippen LogP contribution in [0.5, 0.6) is 5.75 Å². The summed E-state index contributed by atoms with van der Waals surface area (Å²) in [4.78, 5) is 11.0. The van der Waals surface area contributed by atoms with Crippen molar-refractivity contribution in [1.82, 2.24) is 0 Å². The molecule has 1 unspecified atom stereocenters. The molecule has 0 saturated carbocycles. The molecule has 1 N–H and O–H groups in total. The molecule has 3 nitrogen and oxygen atoms in total. The molecule has 1 aromatic carbocycles. The van der Waals surface area contributed by atoms with Crippen LogP contribution in [-0.2, 0) is 4.79 Å². The van der Waals surface area contributed by atoms with Crippen LogP contribution in [0, 0.1) is 0 Å². The van der Waals surface area contributed by atoms with Gasteiger partial charge in [-0.05, 0) is 17.7 Å². The molecule has 2 aliphatic rings. The Kier molecular flexibility index (Phi) is 1.86. The summed E-state index contributed by atoms with van der Waals surface area (Å²) in [5.41, 5.74) is 2.55. The van der Waals surface area contributed by atoms with Gasteiger partial charge < -0.3 is 9.84 Å². The van der Waals surface area contributed by atoms with E-state index in [-0.39, 0.29) is 6.10 Å². The van der Waals surface area contributed by atoms with E-state index < -0.39 is 5.97 Å². The highest BCUT2D eigenvalue weighted by Crippen LogP contribution is 2.39. The molecular formula is C13H10O3. The number of carboxylic acid groups (broad SMARTS) is 1. The van der Waals surface area contributed by atoms with Gasteiger partial charge in [0.05, 0.1) is 5.57 Å². The average molecular weight is 214 g/mol. The maximum Gasteiger partial charge on any atom is 0.335 e. The smallest absolute Gasteiger partial charge is 0.335 e. The molecule has 2 bridgehead atoms. The highest BCUT2D eigenvalue weighted by Gasteiger charge is 2.31. The zero-order valence-electron chi connectivity index (χ0n) is 8.51. The number of hydrogen-bond donors (Lipinski definition) is 1. The number of carbonyl (C=O) groups is 1. The van der Waals surface area contributed by atoms with Gasteiger partial charge >= 0.3 is 5.97 Å². The summed E-state index contributed by atoms with van der Waals surface area (Å²) in [5, 5.41) is 9.02. The van der Waals surface area contributed by atoms with Crippen molar-refractivity contribution in [3.05, 3.63) is 47.6 Å². The topological polar surface area (TPSA) is 46.5 Å². The maximum absolute atomic E-state index is 11.0. The first kappa shape index (κ1) is 9.21. The Morgan fingerprint density at radius 1 is 1.31 bits per heavy atom. The molecule has 1 aromatic rings. The molecule has 0 radical (unpaired) electrons. The lowest BCUT2D eigenvalue weighted by molar-refractivity contribution is -0.133. The lowest BCUT2D eigenvalue weighted by Crippen LogP contribution is -2.29. The number of benzene rings is 1. The second-order valence-electron chi connectivity index (χ2n) is 3.93. The third kappa shape index (κ3) is 1.25. The Bertz CT molecular complexity index is 526. The summed E-state index contributed by atoms with van der Waals surface area (Å²) in [7, 11) is 0. The van der Waals surface area contributed by atoms with Crippen LogP contribution >= 0.6 is 0 Å². The summed E-state index contributed by atoms with van der Waals surface area (Å²) < 4.78 is 5.69. The fourth-order valence-corrected chi connectivity index (χ4v) is 2.18.